The quantitative estimate of drug-likeness (QED) is 0.289. The molecule has 0 aliphatic heterocycles. The van der Waals surface area contributed by atoms with E-state index < -0.39 is 0 Å². The molecule has 0 aromatic heterocycles. The summed E-state index contributed by atoms with van der Waals surface area (Å²) in [6, 6.07) is 0. The Bertz CT molecular complexity index is 4.14. The maximum Gasteiger partial charge on any atom is 0 e. The SMILES string of the molecule is N.N.N.N.N.N.[Ar]. The molecule has 18 N–H and O–H groups in total. The van der Waals surface area contributed by atoms with Gasteiger partial charge in [0.05, 0.1) is 0 Å². The van der Waals surface area contributed by atoms with Gasteiger partial charge in [0.2, 0.25) is 0 Å². The van der Waals surface area contributed by atoms with Crippen LogP contribution in [0.3, 0.4) is 0 Å². The molecule has 0 radical (unpaired) electrons. The molecule has 0 heterocycles. The zero-order valence-corrected chi connectivity index (χ0v) is 5.30. The van der Waals surface area contributed by atoms with Crippen molar-refractivity contribution in [3.8, 4) is 0 Å². The van der Waals surface area contributed by atoms with Crippen molar-refractivity contribution in [2.24, 2.45) is 0 Å². The van der Waals surface area contributed by atoms with Gasteiger partial charge >= 0.3 is 0 Å². The van der Waals surface area contributed by atoms with Gasteiger partial charge in [-0.1, -0.05) is 0 Å². The van der Waals surface area contributed by atoms with Crippen LogP contribution in [0.15, 0.2) is 0 Å². The van der Waals surface area contributed by atoms with E-state index in [1.807, 2.05) is 0 Å². The second kappa shape index (κ2) is 245. The standard InChI is InChI=1S/Ar.6H3N/h;6*1H3. The van der Waals surface area contributed by atoms with E-state index in [9.17, 15) is 0 Å². The molecule has 56 valence electrons. The van der Waals surface area contributed by atoms with Gasteiger partial charge in [-0.15, -0.1) is 0 Å². The second-order valence-electron chi connectivity index (χ2n) is 0. The molecule has 0 atom stereocenters. The third kappa shape index (κ3) is 170. The average Bonchev–Trinajstić information content (AvgIpc) is 0. The van der Waals surface area contributed by atoms with Crippen molar-refractivity contribution in [1.82, 2.24) is 36.9 Å². The minimum Gasteiger partial charge on any atom is -0.344 e. The summed E-state index contributed by atoms with van der Waals surface area (Å²) in [5.74, 6) is 0. The third-order valence-electron chi connectivity index (χ3n) is 0. The smallest absolute Gasteiger partial charge is 0 e. The Kier molecular flexibility index (Phi) is 13300. The van der Waals surface area contributed by atoms with E-state index in [1.54, 1.807) is 0 Å². The van der Waals surface area contributed by atoms with E-state index in [1.165, 1.54) is 0 Å². The normalized spacial score (nSPS) is 0. The van der Waals surface area contributed by atoms with Gasteiger partial charge in [-0.2, -0.15) is 0 Å². The summed E-state index contributed by atoms with van der Waals surface area (Å²) in [6.07, 6.45) is 0. The van der Waals surface area contributed by atoms with E-state index in [0.717, 1.165) is 0 Å². The summed E-state index contributed by atoms with van der Waals surface area (Å²) in [5, 5.41) is 0. The largest absolute Gasteiger partial charge is 0.344 e. The average molecular weight is 142 g/mol. The zero-order valence-electron chi connectivity index (χ0n) is 4.60. The minimum absolute atomic E-state index is 0. The molecule has 0 fully saturated rings. The predicted octanol–water partition coefficient (Wildman–Crippen LogP) is 0.972. The van der Waals surface area contributed by atoms with E-state index in [0.29, 0.717) is 0 Å². The summed E-state index contributed by atoms with van der Waals surface area (Å²) in [5.41, 5.74) is 0. The van der Waals surface area contributed by atoms with Crippen LogP contribution in [0.5, 0.6) is 0 Å². The molecule has 0 saturated heterocycles. The molecule has 7 heavy (non-hydrogen) atoms. The van der Waals surface area contributed by atoms with Crippen molar-refractivity contribution in [2.75, 3.05) is 0 Å². The van der Waals surface area contributed by atoms with Crippen LogP contribution in [0.25, 0.3) is 0 Å². The van der Waals surface area contributed by atoms with Crippen LogP contribution < -0.4 is 36.9 Å². The maximum absolute atomic E-state index is 0. The number of hydrogen-bond acceptors (Lipinski definition) is 6. The molecule has 0 aromatic rings. The summed E-state index contributed by atoms with van der Waals surface area (Å²) in [4.78, 5) is 0. The Hall–Kier alpha value is 1.02. The molecule has 0 aliphatic carbocycles. The summed E-state index contributed by atoms with van der Waals surface area (Å²) >= 11 is 0. The Morgan fingerprint density at radius 2 is 0.286 bits per heavy atom. The molecule has 0 amide bonds. The van der Waals surface area contributed by atoms with E-state index >= 15 is 0 Å². The van der Waals surface area contributed by atoms with Crippen molar-refractivity contribution in [2.45, 2.75) is 0 Å². The van der Waals surface area contributed by atoms with Crippen molar-refractivity contribution in [3.05, 3.63) is 0 Å². The molecule has 0 aromatic carbocycles. The Morgan fingerprint density at radius 3 is 0.286 bits per heavy atom. The van der Waals surface area contributed by atoms with Crippen molar-refractivity contribution >= 4 is 0 Å². The minimum atomic E-state index is 0. The fourth-order valence-corrected chi connectivity index (χ4v) is 0. The third-order valence-corrected chi connectivity index (χ3v) is 0. The Morgan fingerprint density at radius 1 is 0.286 bits per heavy atom. The fraction of sp³-hybridized carbons (Fsp3) is 0. The maximum atomic E-state index is 0. The first kappa shape index (κ1) is 380. The molecule has 0 spiro atoms. The van der Waals surface area contributed by atoms with Gasteiger partial charge in [0.15, 0.2) is 0 Å². The van der Waals surface area contributed by atoms with Gasteiger partial charge in [-0.3, -0.25) is 0 Å². The molecular formula is H18ArN6. The second-order valence-corrected chi connectivity index (χ2v) is 0. The van der Waals surface area contributed by atoms with Crippen LogP contribution in [0.4, 0.5) is 0 Å². The molecule has 0 saturated carbocycles. The molecule has 0 rings (SSSR count). The summed E-state index contributed by atoms with van der Waals surface area (Å²) in [7, 11) is 0. The van der Waals surface area contributed by atoms with Crippen molar-refractivity contribution < 1.29 is 37.7 Å². The van der Waals surface area contributed by atoms with Crippen LogP contribution >= 0.6 is 0 Å². The topological polar surface area (TPSA) is 210 Å². The van der Waals surface area contributed by atoms with E-state index in [4.69, 9.17) is 0 Å². The van der Waals surface area contributed by atoms with Crippen LogP contribution in [-0.2, 0) is 0 Å². The van der Waals surface area contributed by atoms with E-state index in [-0.39, 0.29) is 74.6 Å². The first-order valence-electron chi connectivity index (χ1n) is 0. The zero-order chi connectivity index (χ0) is 0. The Labute approximate surface area is 74.3 Å². The Balaban J connectivity index is 0. The first-order chi connectivity index (χ1) is 0. The van der Waals surface area contributed by atoms with Crippen LogP contribution in [-0.4, -0.2) is 0 Å². The van der Waals surface area contributed by atoms with Crippen LogP contribution in [0, 0.1) is 37.7 Å². The number of hydrogen-bond donors (Lipinski definition) is 6. The van der Waals surface area contributed by atoms with Gasteiger partial charge in [-0.05, 0) is 0 Å². The van der Waals surface area contributed by atoms with Crippen LogP contribution in [0.1, 0.15) is 0 Å². The predicted molar refractivity (Wildman–Crippen MR) is 30.1 cm³/mol. The molecule has 0 bridgehead atoms. The molecule has 7 heteroatoms. The van der Waals surface area contributed by atoms with Gasteiger partial charge in [0.1, 0.15) is 0 Å². The molecular weight excluding hydrogens is 124 g/mol. The molecule has 6 nitrogen and oxygen atoms in total. The van der Waals surface area contributed by atoms with E-state index in [2.05, 4.69) is 0 Å². The van der Waals surface area contributed by atoms with Gasteiger partial charge < -0.3 is 36.9 Å². The monoisotopic (exact) mass is 142 g/mol. The van der Waals surface area contributed by atoms with Crippen molar-refractivity contribution in [1.29, 1.82) is 0 Å². The summed E-state index contributed by atoms with van der Waals surface area (Å²) in [6.45, 7) is 0. The van der Waals surface area contributed by atoms with Gasteiger partial charge in [0, 0.05) is 37.7 Å². The van der Waals surface area contributed by atoms with Crippen LogP contribution in [0.2, 0.25) is 0 Å². The number of rotatable bonds is 0. The summed E-state index contributed by atoms with van der Waals surface area (Å²) < 4.78 is 0. The molecule has 0 unspecified atom stereocenters. The van der Waals surface area contributed by atoms with Crippen molar-refractivity contribution in [3.63, 3.8) is 0 Å². The fourth-order valence-electron chi connectivity index (χ4n) is 0. The van der Waals surface area contributed by atoms with Gasteiger partial charge in [-0.25, -0.2) is 0 Å². The van der Waals surface area contributed by atoms with Gasteiger partial charge in [0.25, 0.3) is 0 Å². The molecule has 0 aliphatic rings. The first-order valence-corrected chi connectivity index (χ1v) is 0.